The fraction of sp³-hybridized carbons (Fsp3) is 0. The number of H-pyrrole nitrogens is 2. The maximum Gasteiger partial charge on any atom is 0.116 e. The third kappa shape index (κ3) is 1.95. The van der Waals surface area contributed by atoms with Gasteiger partial charge >= 0.3 is 0 Å². The van der Waals surface area contributed by atoms with Crippen LogP contribution in [-0.4, -0.2) is 35.1 Å². The van der Waals surface area contributed by atoms with Crippen molar-refractivity contribution < 1.29 is 0 Å². The molecule has 0 atom stereocenters. The summed E-state index contributed by atoms with van der Waals surface area (Å²) in [5.41, 5.74) is 5.16. The first-order valence-electron chi connectivity index (χ1n) is 7.42. The molecule has 0 amide bonds. The Kier molecular flexibility index (Phi) is 2.66. The Hall–Kier alpha value is -3.61. The molecule has 5 heterocycles. The fourth-order valence-electron chi connectivity index (χ4n) is 2.79. The van der Waals surface area contributed by atoms with Gasteiger partial charge in [0.1, 0.15) is 11.4 Å². The molecule has 5 aromatic rings. The number of nitrogens with one attached hydrogen (secondary N) is 2. The summed E-state index contributed by atoms with van der Waals surface area (Å²) in [7, 11) is 0. The molecule has 7 nitrogen and oxygen atoms in total. The maximum atomic E-state index is 4.44. The molecule has 0 aliphatic rings. The van der Waals surface area contributed by atoms with Crippen molar-refractivity contribution in [3.8, 4) is 22.8 Å². The second kappa shape index (κ2) is 4.95. The molecule has 0 aromatic carbocycles. The van der Waals surface area contributed by atoms with Crippen molar-refractivity contribution in [2.75, 3.05) is 0 Å². The molecule has 0 radical (unpaired) electrons. The summed E-state index contributed by atoms with van der Waals surface area (Å²) in [6.45, 7) is 0. The van der Waals surface area contributed by atoms with E-state index in [0.717, 1.165) is 44.6 Å². The summed E-state index contributed by atoms with van der Waals surface area (Å²) in [5.74, 6) is 0. The van der Waals surface area contributed by atoms with Gasteiger partial charge in [-0.15, -0.1) is 0 Å². The third-order valence-corrected chi connectivity index (χ3v) is 3.95. The second-order valence-corrected chi connectivity index (χ2v) is 5.42. The zero-order valence-electron chi connectivity index (χ0n) is 12.4. The zero-order valence-corrected chi connectivity index (χ0v) is 12.4. The van der Waals surface area contributed by atoms with Crippen molar-refractivity contribution in [1.82, 2.24) is 35.1 Å². The quantitative estimate of drug-likeness (QED) is 0.522. The molecule has 5 aromatic heterocycles. The smallest absolute Gasteiger partial charge is 0.116 e. The van der Waals surface area contributed by atoms with E-state index in [1.165, 1.54) is 0 Å². The maximum absolute atomic E-state index is 4.44. The van der Waals surface area contributed by atoms with Gasteiger partial charge in [-0.2, -0.15) is 5.10 Å². The van der Waals surface area contributed by atoms with Crippen molar-refractivity contribution in [3.05, 3.63) is 55.4 Å². The van der Waals surface area contributed by atoms with Gasteiger partial charge in [-0.05, 0) is 18.2 Å². The molecule has 5 rings (SSSR count). The predicted octanol–water partition coefficient (Wildman–Crippen LogP) is 2.96. The molecule has 0 unspecified atom stereocenters. The van der Waals surface area contributed by atoms with Gasteiger partial charge in [0.05, 0.1) is 29.3 Å². The molecule has 0 fully saturated rings. The van der Waals surface area contributed by atoms with E-state index in [4.69, 9.17) is 0 Å². The van der Waals surface area contributed by atoms with Gasteiger partial charge in [-0.3, -0.25) is 25.0 Å². The molecule has 0 bridgehead atoms. The number of pyridine rings is 2. The average molecular weight is 313 g/mol. The largest absolute Gasteiger partial charge is 0.353 e. The first-order valence-corrected chi connectivity index (χ1v) is 7.42. The Morgan fingerprint density at radius 1 is 0.792 bits per heavy atom. The number of nitrogens with zero attached hydrogens (tertiary/aromatic N) is 5. The van der Waals surface area contributed by atoms with E-state index >= 15 is 0 Å². The summed E-state index contributed by atoms with van der Waals surface area (Å²) in [4.78, 5) is 20.4. The van der Waals surface area contributed by atoms with Gasteiger partial charge < -0.3 is 4.98 Å². The van der Waals surface area contributed by atoms with E-state index in [1.807, 2.05) is 24.4 Å². The minimum atomic E-state index is 0.729. The van der Waals surface area contributed by atoms with E-state index < -0.39 is 0 Å². The fourth-order valence-corrected chi connectivity index (χ4v) is 2.79. The lowest BCUT2D eigenvalue weighted by atomic mass is 10.1. The first kappa shape index (κ1) is 12.9. The summed E-state index contributed by atoms with van der Waals surface area (Å²) < 4.78 is 0. The first-order chi connectivity index (χ1) is 11.9. The molecule has 0 saturated heterocycles. The van der Waals surface area contributed by atoms with Crippen molar-refractivity contribution in [2.24, 2.45) is 0 Å². The highest BCUT2D eigenvalue weighted by Crippen LogP contribution is 2.29. The number of aromatic amines is 2. The van der Waals surface area contributed by atoms with Crippen LogP contribution in [0.25, 0.3) is 44.6 Å². The van der Waals surface area contributed by atoms with Crippen LogP contribution >= 0.6 is 0 Å². The normalized spacial score (nSPS) is 11.3. The van der Waals surface area contributed by atoms with Gasteiger partial charge in [0.15, 0.2) is 0 Å². The molecule has 7 heteroatoms. The van der Waals surface area contributed by atoms with Crippen LogP contribution < -0.4 is 0 Å². The zero-order chi connectivity index (χ0) is 15.9. The van der Waals surface area contributed by atoms with Gasteiger partial charge in [0, 0.05) is 41.1 Å². The molecular weight excluding hydrogens is 302 g/mol. The van der Waals surface area contributed by atoms with Crippen molar-refractivity contribution >= 4 is 21.8 Å². The number of hydrogen-bond donors (Lipinski definition) is 2. The highest BCUT2D eigenvalue weighted by atomic mass is 15.1. The molecule has 2 N–H and O–H groups in total. The predicted molar refractivity (Wildman–Crippen MR) is 90.0 cm³/mol. The van der Waals surface area contributed by atoms with Gasteiger partial charge in [0.25, 0.3) is 0 Å². The number of fused-ring (bicyclic) bond motifs is 2. The Morgan fingerprint density at radius 2 is 1.75 bits per heavy atom. The Morgan fingerprint density at radius 3 is 2.62 bits per heavy atom. The molecular formula is C17H11N7. The molecule has 0 aliphatic heterocycles. The minimum absolute atomic E-state index is 0.729. The summed E-state index contributed by atoms with van der Waals surface area (Å²) in [5, 5.41) is 9.49. The number of aromatic nitrogens is 7. The topological polar surface area (TPSA) is 96.0 Å². The lowest BCUT2D eigenvalue weighted by Gasteiger charge is -1.99. The summed E-state index contributed by atoms with van der Waals surface area (Å²) in [6, 6.07) is 5.96. The van der Waals surface area contributed by atoms with Gasteiger partial charge in [-0.25, -0.2) is 0 Å². The monoisotopic (exact) mass is 313 g/mol. The van der Waals surface area contributed by atoms with Crippen molar-refractivity contribution in [3.63, 3.8) is 0 Å². The van der Waals surface area contributed by atoms with Crippen LogP contribution in [0, 0.1) is 0 Å². The molecule has 114 valence electrons. The Balaban J connectivity index is 1.71. The second-order valence-electron chi connectivity index (χ2n) is 5.42. The highest BCUT2D eigenvalue weighted by molar-refractivity contribution is 5.96. The molecule has 0 saturated carbocycles. The van der Waals surface area contributed by atoms with Crippen LogP contribution in [0.15, 0.2) is 55.4 Å². The van der Waals surface area contributed by atoms with E-state index in [2.05, 4.69) is 35.1 Å². The lowest BCUT2D eigenvalue weighted by Crippen LogP contribution is -1.88. The van der Waals surface area contributed by atoms with Crippen molar-refractivity contribution in [1.29, 1.82) is 0 Å². The lowest BCUT2D eigenvalue weighted by molar-refractivity contribution is 1.11. The molecule has 0 aliphatic carbocycles. The highest BCUT2D eigenvalue weighted by Gasteiger charge is 2.13. The SMILES string of the molecule is c1cnc(-c2cc3c(-c4cc5cnccc5[nH]4)n[nH]c3cn2)cn1. The number of rotatable bonds is 2. The van der Waals surface area contributed by atoms with Gasteiger partial charge in [-0.1, -0.05) is 0 Å². The van der Waals surface area contributed by atoms with E-state index in [-0.39, 0.29) is 0 Å². The van der Waals surface area contributed by atoms with Gasteiger partial charge in [0.2, 0.25) is 0 Å². The van der Waals surface area contributed by atoms with Crippen molar-refractivity contribution in [2.45, 2.75) is 0 Å². The van der Waals surface area contributed by atoms with Crippen LogP contribution in [0.3, 0.4) is 0 Å². The standard InChI is InChI=1S/C17H11N7/c1-2-18-7-10-5-14(22-12(1)10)17-11-6-13(16-8-19-3-4-20-16)21-9-15(11)23-24-17/h1-9,22H,(H,23,24). The molecule has 0 spiro atoms. The summed E-state index contributed by atoms with van der Waals surface area (Å²) in [6.07, 6.45) is 10.4. The third-order valence-electron chi connectivity index (χ3n) is 3.95. The van der Waals surface area contributed by atoms with Crippen LogP contribution in [0.1, 0.15) is 0 Å². The van der Waals surface area contributed by atoms with Crippen LogP contribution in [0.4, 0.5) is 0 Å². The van der Waals surface area contributed by atoms with E-state index in [0.29, 0.717) is 0 Å². The molecule has 24 heavy (non-hydrogen) atoms. The van der Waals surface area contributed by atoms with Crippen LogP contribution in [-0.2, 0) is 0 Å². The van der Waals surface area contributed by atoms with E-state index in [1.54, 1.807) is 31.0 Å². The summed E-state index contributed by atoms with van der Waals surface area (Å²) >= 11 is 0. The van der Waals surface area contributed by atoms with Crippen LogP contribution in [0.5, 0.6) is 0 Å². The van der Waals surface area contributed by atoms with Crippen LogP contribution in [0.2, 0.25) is 0 Å². The minimum Gasteiger partial charge on any atom is -0.353 e. The Bertz CT molecular complexity index is 1120. The number of hydrogen-bond acceptors (Lipinski definition) is 5. The Labute approximate surface area is 135 Å². The average Bonchev–Trinajstić information content (AvgIpc) is 3.25. The van der Waals surface area contributed by atoms with E-state index in [9.17, 15) is 0 Å².